The predicted molar refractivity (Wildman–Crippen MR) is 54.8 cm³/mol. The van der Waals surface area contributed by atoms with Crippen molar-refractivity contribution in [2.24, 2.45) is 5.73 Å². The lowest BCUT2D eigenvalue weighted by Crippen LogP contribution is -2.25. The van der Waals surface area contributed by atoms with E-state index in [1.54, 1.807) is 20.8 Å². The summed E-state index contributed by atoms with van der Waals surface area (Å²) in [5, 5.41) is 13.3. The molecule has 0 saturated heterocycles. The molecule has 0 aliphatic carbocycles. The maximum Gasteiger partial charge on any atom is 0.342 e. The van der Waals surface area contributed by atoms with E-state index in [1.165, 1.54) is 6.20 Å². The van der Waals surface area contributed by atoms with Crippen LogP contribution < -0.4 is 5.73 Å². The second kappa shape index (κ2) is 3.72. The Morgan fingerprint density at radius 3 is 2.67 bits per heavy atom. The van der Waals surface area contributed by atoms with Gasteiger partial charge < -0.3 is 10.5 Å². The van der Waals surface area contributed by atoms with Gasteiger partial charge in [0, 0.05) is 0 Å². The second-order valence-electron chi connectivity index (χ2n) is 4.07. The van der Waals surface area contributed by atoms with E-state index in [-0.39, 0.29) is 17.1 Å². The zero-order chi connectivity index (χ0) is 11.6. The summed E-state index contributed by atoms with van der Waals surface area (Å²) in [6.07, 6.45) is 1.30. The fraction of sp³-hybridized carbons (Fsp3) is 0.444. The normalized spacial score (nSPS) is 11.1. The van der Waals surface area contributed by atoms with Gasteiger partial charge >= 0.3 is 5.97 Å². The summed E-state index contributed by atoms with van der Waals surface area (Å²) in [6.45, 7) is 5.29. The first kappa shape index (κ1) is 11.2. The fourth-order valence-electron chi connectivity index (χ4n) is 0.979. The number of aromatic nitrogens is 2. The third kappa shape index (κ3) is 2.80. The summed E-state index contributed by atoms with van der Waals surface area (Å²) < 4.78 is 5.12. The molecular formula is C9H14N4O2. The number of aromatic amines is 1. The Labute approximate surface area is 87.3 Å². The van der Waals surface area contributed by atoms with Crippen LogP contribution in [0.1, 0.15) is 36.8 Å². The van der Waals surface area contributed by atoms with Gasteiger partial charge in [-0.1, -0.05) is 0 Å². The van der Waals surface area contributed by atoms with Crippen molar-refractivity contribution in [2.75, 3.05) is 0 Å². The number of amidine groups is 1. The van der Waals surface area contributed by atoms with Crippen LogP contribution in [0.2, 0.25) is 0 Å². The quantitative estimate of drug-likeness (QED) is 0.378. The number of nitrogen functional groups attached to an aromatic ring is 1. The number of nitrogens with two attached hydrogens (primary N) is 1. The molecule has 82 valence electrons. The lowest BCUT2D eigenvalue weighted by atomic mass is 10.2. The van der Waals surface area contributed by atoms with Gasteiger partial charge in [-0.25, -0.2) is 4.79 Å². The Morgan fingerprint density at radius 2 is 2.20 bits per heavy atom. The Kier molecular flexibility index (Phi) is 2.78. The first-order valence-electron chi connectivity index (χ1n) is 4.42. The van der Waals surface area contributed by atoms with E-state index in [2.05, 4.69) is 10.2 Å². The average Bonchev–Trinajstić information content (AvgIpc) is 2.47. The molecule has 6 nitrogen and oxygen atoms in total. The molecule has 4 N–H and O–H groups in total. The van der Waals surface area contributed by atoms with Gasteiger partial charge in [-0.15, -0.1) is 0 Å². The van der Waals surface area contributed by atoms with Crippen LogP contribution in [0, 0.1) is 5.41 Å². The highest BCUT2D eigenvalue weighted by Crippen LogP contribution is 2.13. The van der Waals surface area contributed by atoms with E-state index in [9.17, 15) is 4.79 Å². The average molecular weight is 210 g/mol. The van der Waals surface area contributed by atoms with Gasteiger partial charge in [0.15, 0.2) is 0 Å². The Hall–Kier alpha value is -1.85. The number of hydrogen-bond donors (Lipinski definition) is 3. The van der Waals surface area contributed by atoms with E-state index in [0.717, 1.165) is 0 Å². The van der Waals surface area contributed by atoms with Gasteiger partial charge in [-0.3, -0.25) is 10.5 Å². The first-order valence-corrected chi connectivity index (χ1v) is 4.42. The summed E-state index contributed by atoms with van der Waals surface area (Å²) in [6, 6.07) is 0. The van der Waals surface area contributed by atoms with Crippen molar-refractivity contribution < 1.29 is 9.53 Å². The summed E-state index contributed by atoms with van der Waals surface area (Å²) in [7, 11) is 0. The monoisotopic (exact) mass is 210 g/mol. The van der Waals surface area contributed by atoms with E-state index in [1.807, 2.05) is 0 Å². The molecule has 0 aliphatic heterocycles. The Morgan fingerprint density at radius 1 is 1.60 bits per heavy atom. The molecule has 0 fully saturated rings. The molecule has 0 atom stereocenters. The minimum absolute atomic E-state index is 0.178. The molecule has 15 heavy (non-hydrogen) atoms. The van der Waals surface area contributed by atoms with Gasteiger partial charge in [-0.2, -0.15) is 5.10 Å². The molecule has 0 aliphatic rings. The molecule has 0 aromatic carbocycles. The number of H-pyrrole nitrogens is 1. The number of carbonyl (C=O) groups is 1. The van der Waals surface area contributed by atoms with Gasteiger partial charge in [0.05, 0.1) is 6.20 Å². The van der Waals surface area contributed by atoms with Crippen LogP contribution in [0.4, 0.5) is 0 Å². The number of nitrogens with zero attached hydrogens (tertiary/aromatic N) is 1. The number of carbonyl (C=O) groups excluding carboxylic acids is 1. The van der Waals surface area contributed by atoms with Gasteiger partial charge in [0.25, 0.3) is 0 Å². The molecule has 0 spiro atoms. The zero-order valence-electron chi connectivity index (χ0n) is 8.92. The Bertz CT molecular complexity index is 389. The number of esters is 1. The van der Waals surface area contributed by atoms with E-state index in [4.69, 9.17) is 15.9 Å². The van der Waals surface area contributed by atoms with Crippen molar-refractivity contribution in [3.8, 4) is 0 Å². The van der Waals surface area contributed by atoms with Crippen molar-refractivity contribution in [1.29, 1.82) is 5.41 Å². The molecule has 0 saturated carbocycles. The van der Waals surface area contributed by atoms with Gasteiger partial charge in [0.2, 0.25) is 0 Å². The smallest absolute Gasteiger partial charge is 0.342 e. The zero-order valence-corrected chi connectivity index (χ0v) is 8.92. The van der Waals surface area contributed by atoms with E-state index < -0.39 is 11.6 Å². The summed E-state index contributed by atoms with van der Waals surface area (Å²) in [5.41, 5.74) is 5.05. The third-order valence-electron chi connectivity index (χ3n) is 1.53. The lowest BCUT2D eigenvalue weighted by Gasteiger charge is -2.19. The first-order chi connectivity index (χ1) is 6.81. The lowest BCUT2D eigenvalue weighted by molar-refractivity contribution is 0.00694. The molecule has 0 unspecified atom stereocenters. The van der Waals surface area contributed by atoms with Crippen molar-refractivity contribution in [3.63, 3.8) is 0 Å². The van der Waals surface area contributed by atoms with E-state index in [0.29, 0.717) is 0 Å². The highest BCUT2D eigenvalue weighted by atomic mass is 16.6. The highest BCUT2D eigenvalue weighted by molar-refractivity contribution is 6.04. The number of rotatable bonds is 2. The summed E-state index contributed by atoms with van der Waals surface area (Å²) in [4.78, 5) is 11.6. The van der Waals surface area contributed by atoms with Crippen molar-refractivity contribution in [2.45, 2.75) is 26.4 Å². The molecule has 1 rings (SSSR count). The molecule has 1 heterocycles. The molecular weight excluding hydrogens is 196 g/mol. The van der Waals surface area contributed by atoms with Crippen molar-refractivity contribution in [3.05, 3.63) is 17.5 Å². The maximum absolute atomic E-state index is 11.6. The van der Waals surface area contributed by atoms with Crippen LogP contribution >= 0.6 is 0 Å². The van der Waals surface area contributed by atoms with Crippen LogP contribution in [0.5, 0.6) is 0 Å². The maximum atomic E-state index is 11.6. The summed E-state index contributed by atoms with van der Waals surface area (Å²) in [5.74, 6) is -0.783. The summed E-state index contributed by atoms with van der Waals surface area (Å²) >= 11 is 0. The number of ether oxygens (including phenoxy) is 1. The fourth-order valence-corrected chi connectivity index (χ4v) is 0.979. The van der Waals surface area contributed by atoms with Crippen LogP contribution in [0.15, 0.2) is 6.20 Å². The van der Waals surface area contributed by atoms with Crippen LogP contribution in [0.3, 0.4) is 0 Å². The SMILES string of the molecule is CC(C)(C)OC(=O)c1cn[nH]c1C(=N)N. The number of hydrogen-bond acceptors (Lipinski definition) is 4. The molecule has 1 aromatic rings. The standard InChI is InChI=1S/C9H14N4O2/c1-9(2,3)15-8(14)5-4-12-13-6(5)7(10)11/h4H,1-3H3,(H3,10,11)(H,12,13). The minimum atomic E-state index is -0.581. The second-order valence-corrected chi connectivity index (χ2v) is 4.07. The largest absolute Gasteiger partial charge is 0.456 e. The van der Waals surface area contributed by atoms with Crippen LogP contribution in [0.25, 0.3) is 0 Å². The van der Waals surface area contributed by atoms with E-state index >= 15 is 0 Å². The van der Waals surface area contributed by atoms with Gasteiger partial charge in [0.1, 0.15) is 22.7 Å². The van der Waals surface area contributed by atoms with Crippen molar-refractivity contribution >= 4 is 11.8 Å². The molecule has 1 aromatic heterocycles. The molecule has 0 bridgehead atoms. The predicted octanol–water partition coefficient (Wildman–Crippen LogP) is 0.649. The molecule has 0 radical (unpaired) electrons. The van der Waals surface area contributed by atoms with Crippen molar-refractivity contribution in [1.82, 2.24) is 10.2 Å². The molecule has 0 amide bonds. The van der Waals surface area contributed by atoms with Crippen LogP contribution in [-0.2, 0) is 4.74 Å². The topological polar surface area (TPSA) is 105 Å². The Balaban J connectivity index is 2.92. The van der Waals surface area contributed by atoms with Crippen LogP contribution in [-0.4, -0.2) is 27.6 Å². The number of nitrogens with one attached hydrogen (secondary N) is 2. The molecule has 6 heteroatoms. The third-order valence-corrected chi connectivity index (χ3v) is 1.53. The highest BCUT2D eigenvalue weighted by Gasteiger charge is 2.22. The minimum Gasteiger partial charge on any atom is -0.456 e. The van der Waals surface area contributed by atoms with Gasteiger partial charge in [-0.05, 0) is 20.8 Å².